The molecule has 1 unspecified atom stereocenters. The van der Waals surface area contributed by atoms with Crippen molar-refractivity contribution in [3.05, 3.63) is 29.8 Å². The van der Waals surface area contributed by atoms with Crippen LogP contribution in [0.5, 0.6) is 0 Å². The van der Waals surface area contributed by atoms with Crippen LogP contribution < -0.4 is 16.0 Å². The Morgan fingerprint density at radius 2 is 1.91 bits per heavy atom. The predicted molar refractivity (Wildman–Crippen MR) is 97.5 cm³/mol. The molecule has 1 amide bonds. The van der Waals surface area contributed by atoms with Crippen LogP contribution in [0.4, 0.5) is 5.69 Å². The molecule has 0 radical (unpaired) electrons. The summed E-state index contributed by atoms with van der Waals surface area (Å²) in [5.74, 6) is 0.575. The molecule has 3 N–H and O–H groups in total. The summed E-state index contributed by atoms with van der Waals surface area (Å²) < 4.78 is 0. The summed E-state index contributed by atoms with van der Waals surface area (Å²) in [6.45, 7) is 3.74. The average molecular weight is 348 g/mol. The molecule has 4 nitrogen and oxygen atoms in total. The molecule has 1 aliphatic carbocycles. The van der Waals surface area contributed by atoms with E-state index >= 15 is 0 Å². The van der Waals surface area contributed by atoms with E-state index in [1.54, 1.807) is 0 Å². The van der Waals surface area contributed by atoms with E-state index in [2.05, 4.69) is 24.2 Å². The number of nitrogens with two attached hydrogens (primary N) is 1. The van der Waals surface area contributed by atoms with Crippen molar-refractivity contribution in [3.8, 4) is 0 Å². The first kappa shape index (κ1) is 21.0. The van der Waals surface area contributed by atoms with Gasteiger partial charge in [-0.05, 0) is 49.4 Å². The van der Waals surface area contributed by atoms with E-state index in [4.69, 9.17) is 5.73 Å². The van der Waals surface area contributed by atoms with Crippen molar-refractivity contribution in [2.45, 2.75) is 32.2 Å². The summed E-state index contributed by atoms with van der Waals surface area (Å²) in [5, 5.41) is 2.92. The van der Waals surface area contributed by atoms with Crippen LogP contribution in [0, 0.1) is 5.92 Å². The Kier molecular flexibility index (Phi) is 9.49. The summed E-state index contributed by atoms with van der Waals surface area (Å²) in [6, 6.07) is 7.84. The van der Waals surface area contributed by atoms with Crippen LogP contribution in [-0.4, -0.2) is 32.1 Å². The van der Waals surface area contributed by atoms with E-state index < -0.39 is 0 Å². The molecule has 1 saturated carbocycles. The Hall–Kier alpha value is -0.970. The summed E-state index contributed by atoms with van der Waals surface area (Å²) >= 11 is 0. The van der Waals surface area contributed by atoms with Gasteiger partial charge in [0.25, 0.3) is 5.91 Å². The highest BCUT2D eigenvalue weighted by Gasteiger charge is 2.28. The summed E-state index contributed by atoms with van der Waals surface area (Å²) in [4.78, 5) is 14.2. The van der Waals surface area contributed by atoms with Gasteiger partial charge in [0.2, 0.25) is 0 Å². The lowest BCUT2D eigenvalue weighted by atomic mass is 10.1. The third-order valence-electron chi connectivity index (χ3n) is 3.86. The van der Waals surface area contributed by atoms with Gasteiger partial charge in [-0.25, -0.2) is 0 Å². The summed E-state index contributed by atoms with van der Waals surface area (Å²) in [7, 11) is 2.06. The number of anilines is 1. The maximum atomic E-state index is 12.0. The first-order chi connectivity index (χ1) is 9.61. The van der Waals surface area contributed by atoms with E-state index in [1.165, 1.54) is 12.8 Å². The lowest BCUT2D eigenvalue weighted by Gasteiger charge is -2.18. The Morgan fingerprint density at radius 1 is 1.32 bits per heavy atom. The van der Waals surface area contributed by atoms with Crippen molar-refractivity contribution < 1.29 is 4.79 Å². The van der Waals surface area contributed by atoms with Gasteiger partial charge in [0.15, 0.2) is 0 Å². The molecule has 1 aliphatic rings. The molecular formula is C16H27Cl2N3O. The number of benzene rings is 1. The van der Waals surface area contributed by atoms with Crippen LogP contribution >= 0.6 is 24.8 Å². The van der Waals surface area contributed by atoms with Crippen molar-refractivity contribution in [2.75, 3.05) is 25.0 Å². The van der Waals surface area contributed by atoms with Gasteiger partial charge in [0.05, 0.1) is 0 Å². The van der Waals surface area contributed by atoms with Gasteiger partial charge in [0.1, 0.15) is 0 Å². The Labute approximate surface area is 145 Å². The minimum atomic E-state index is -0.0363. The molecule has 1 aromatic rings. The van der Waals surface area contributed by atoms with Gasteiger partial charge < -0.3 is 16.0 Å². The summed E-state index contributed by atoms with van der Waals surface area (Å²) in [6.07, 6.45) is 3.52. The van der Waals surface area contributed by atoms with Gasteiger partial charge >= 0.3 is 0 Å². The lowest BCUT2D eigenvalue weighted by Crippen LogP contribution is -2.38. The molecule has 1 atom stereocenters. The van der Waals surface area contributed by atoms with Gasteiger partial charge in [0, 0.05) is 37.4 Å². The third kappa shape index (κ3) is 6.03. The monoisotopic (exact) mass is 347 g/mol. The number of hydrogen-bond donors (Lipinski definition) is 2. The third-order valence-corrected chi connectivity index (χ3v) is 3.86. The molecule has 1 fully saturated rings. The molecule has 2 rings (SSSR count). The predicted octanol–water partition coefficient (Wildman–Crippen LogP) is 2.84. The zero-order valence-electron chi connectivity index (χ0n) is 13.2. The number of carbonyl (C=O) groups excluding carboxylic acids is 1. The van der Waals surface area contributed by atoms with Crippen molar-refractivity contribution in [1.82, 2.24) is 5.32 Å². The molecule has 0 bridgehead atoms. The van der Waals surface area contributed by atoms with Crippen LogP contribution in [0.15, 0.2) is 24.3 Å². The number of amides is 1. The molecule has 0 aromatic heterocycles. The number of rotatable bonds is 7. The van der Waals surface area contributed by atoms with Gasteiger partial charge in [-0.15, -0.1) is 24.8 Å². The van der Waals surface area contributed by atoms with E-state index in [0.717, 1.165) is 18.7 Å². The Morgan fingerprint density at radius 3 is 2.41 bits per heavy atom. The molecule has 6 heteroatoms. The minimum Gasteiger partial charge on any atom is -0.375 e. The molecular weight excluding hydrogens is 321 g/mol. The van der Waals surface area contributed by atoms with E-state index in [0.29, 0.717) is 18.0 Å². The quantitative estimate of drug-likeness (QED) is 0.797. The van der Waals surface area contributed by atoms with Crippen molar-refractivity contribution >= 4 is 36.4 Å². The van der Waals surface area contributed by atoms with Gasteiger partial charge in [-0.2, -0.15) is 0 Å². The van der Waals surface area contributed by atoms with E-state index in [9.17, 15) is 4.79 Å². The molecule has 0 saturated heterocycles. The van der Waals surface area contributed by atoms with Crippen LogP contribution in [-0.2, 0) is 0 Å². The van der Waals surface area contributed by atoms with Crippen LogP contribution in [0.2, 0.25) is 0 Å². The standard InChI is InChI=1S/C16H25N3O.2ClH/c1-3-10-19(2)14-8-6-13(7-9-14)16(20)18-11-15(17)12-4-5-12;;/h6-9,12,15H,3-5,10-11,17H2,1-2H3,(H,18,20);2*1H. The number of halogens is 2. The normalized spacial score (nSPS) is 14.3. The fourth-order valence-electron chi connectivity index (χ4n) is 2.34. The van der Waals surface area contributed by atoms with E-state index in [1.807, 2.05) is 24.3 Å². The Bertz CT molecular complexity index is 449. The second-order valence-corrected chi connectivity index (χ2v) is 5.68. The zero-order chi connectivity index (χ0) is 14.5. The second-order valence-electron chi connectivity index (χ2n) is 5.68. The van der Waals surface area contributed by atoms with Crippen LogP contribution in [0.3, 0.4) is 0 Å². The number of nitrogens with zero attached hydrogens (tertiary/aromatic N) is 1. The first-order valence-corrected chi connectivity index (χ1v) is 7.46. The number of carbonyl (C=O) groups is 1. The lowest BCUT2D eigenvalue weighted by molar-refractivity contribution is 0.0950. The maximum Gasteiger partial charge on any atom is 0.251 e. The fourth-order valence-corrected chi connectivity index (χ4v) is 2.34. The van der Waals surface area contributed by atoms with Crippen LogP contribution in [0.25, 0.3) is 0 Å². The number of hydrogen-bond acceptors (Lipinski definition) is 3. The molecule has 126 valence electrons. The topological polar surface area (TPSA) is 58.4 Å². The largest absolute Gasteiger partial charge is 0.375 e. The highest BCUT2D eigenvalue weighted by molar-refractivity contribution is 5.94. The van der Waals surface area contributed by atoms with Crippen molar-refractivity contribution in [1.29, 1.82) is 0 Å². The maximum absolute atomic E-state index is 12.0. The SMILES string of the molecule is CCCN(C)c1ccc(C(=O)NCC(N)C2CC2)cc1.Cl.Cl. The van der Waals surface area contributed by atoms with Gasteiger partial charge in [-0.1, -0.05) is 6.92 Å². The van der Waals surface area contributed by atoms with Crippen molar-refractivity contribution in [3.63, 3.8) is 0 Å². The minimum absolute atomic E-state index is 0. The molecule has 22 heavy (non-hydrogen) atoms. The smallest absolute Gasteiger partial charge is 0.251 e. The molecule has 1 aromatic carbocycles. The molecule has 0 spiro atoms. The average Bonchev–Trinajstić information content (AvgIpc) is 3.29. The van der Waals surface area contributed by atoms with Gasteiger partial charge in [-0.3, -0.25) is 4.79 Å². The highest BCUT2D eigenvalue weighted by atomic mass is 35.5. The molecule has 0 heterocycles. The summed E-state index contributed by atoms with van der Waals surface area (Å²) in [5.41, 5.74) is 7.81. The fraction of sp³-hybridized carbons (Fsp3) is 0.562. The first-order valence-electron chi connectivity index (χ1n) is 7.46. The Balaban J connectivity index is 0.00000220. The van der Waals surface area contributed by atoms with E-state index in [-0.39, 0.29) is 36.8 Å². The highest BCUT2D eigenvalue weighted by Crippen LogP contribution is 2.31. The van der Waals surface area contributed by atoms with Crippen molar-refractivity contribution in [2.24, 2.45) is 11.7 Å². The van der Waals surface area contributed by atoms with Crippen LogP contribution in [0.1, 0.15) is 36.5 Å². The number of nitrogens with one attached hydrogen (secondary N) is 1. The molecule has 0 aliphatic heterocycles. The zero-order valence-corrected chi connectivity index (χ0v) is 14.9. The second kappa shape index (κ2) is 9.93.